The molecule has 5 heteroatoms. The lowest BCUT2D eigenvalue weighted by molar-refractivity contribution is -0.383. The van der Waals surface area contributed by atoms with Crippen molar-refractivity contribution in [2.24, 2.45) is 5.92 Å². The van der Waals surface area contributed by atoms with Gasteiger partial charge in [-0.3, -0.25) is 10.1 Å². The normalized spacial score (nSPS) is 11.9. The molecule has 2 N–H and O–H groups in total. The highest BCUT2D eigenvalue weighted by Gasteiger charge is 2.19. The minimum Gasteiger partial charge on any atom is -0.380 e. The first kappa shape index (κ1) is 14.3. The van der Waals surface area contributed by atoms with E-state index in [2.05, 4.69) is 24.5 Å². The van der Waals surface area contributed by atoms with Crippen molar-refractivity contribution in [2.45, 2.75) is 27.2 Å². The maximum Gasteiger partial charge on any atom is 0.315 e. The van der Waals surface area contributed by atoms with Gasteiger partial charge >= 0.3 is 5.69 Å². The second-order valence-electron chi connectivity index (χ2n) is 4.38. The van der Waals surface area contributed by atoms with Crippen LogP contribution in [0.25, 0.3) is 0 Å². The van der Waals surface area contributed by atoms with Crippen molar-refractivity contribution in [3.8, 4) is 0 Å². The smallest absolute Gasteiger partial charge is 0.315 e. The van der Waals surface area contributed by atoms with E-state index < -0.39 is 0 Å². The molecule has 0 aromatic heterocycles. The van der Waals surface area contributed by atoms with Crippen LogP contribution in [0.5, 0.6) is 0 Å². The van der Waals surface area contributed by atoms with Crippen molar-refractivity contribution in [3.05, 3.63) is 28.3 Å². The summed E-state index contributed by atoms with van der Waals surface area (Å²) in [6.07, 6.45) is 1.05. The van der Waals surface area contributed by atoms with E-state index in [-0.39, 0.29) is 10.6 Å². The molecule has 0 heterocycles. The van der Waals surface area contributed by atoms with Crippen LogP contribution in [0.15, 0.2) is 18.2 Å². The Balaban J connectivity index is 2.95. The highest BCUT2D eigenvalue weighted by molar-refractivity contribution is 5.76. The molecule has 1 atom stereocenters. The molecular formula is C13H21N3O2. The van der Waals surface area contributed by atoms with Gasteiger partial charge in [-0.15, -0.1) is 0 Å². The Hall–Kier alpha value is -1.78. The van der Waals surface area contributed by atoms with Gasteiger partial charge in [0.05, 0.1) is 4.92 Å². The Morgan fingerprint density at radius 2 is 1.89 bits per heavy atom. The van der Waals surface area contributed by atoms with Gasteiger partial charge in [-0.05, 0) is 25.0 Å². The maximum atomic E-state index is 11.2. The number of hydrogen-bond donors (Lipinski definition) is 2. The number of nitro benzene ring substituents is 1. The minimum absolute atomic E-state index is 0.127. The predicted molar refractivity (Wildman–Crippen MR) is 75.2 cm³/mol. The third kappa shape index (κ3) is 3.61. The number of benzene rings is 1. The lowest BCUT2D eigenvalue weighted by Gasteiger charge is -2.13. The van der Waals surface area contributed by atoms with Gasteiger partial charge in [0.2, 0.25) is 0 Å². The molecule has 0 radical (unpaired) electrons. The molecule has 0 aliphatic rings. The molecule has 5 nitrogen and oxygen atoms in total. The molecule has 1 rings (SSSR count). The average Bonchev–Trinajstić information content (AvgIpc) is 2.36. The van der Waals surface area contributed by atoms with E-state index in [1.165, 1.54) is 0 Å². The molecule has 18 heavy (non-hydrogen) atoms. The molecule has 1 aromatic rings. The molecule has 1 aromatic carbocycles. The van der Waals surface area contributed by atoms with Gasteiger partial charge in [-0.1, -0.05) is 26.3 Å². The average molecular weight is 251 g/mol. The molecule has 0 saturated carbocycles. The zero-order chi connectivity index (χ0) is 13.5. The van der Waals surface area contributed by atoms with E-state index in [1.807, 2.05) is 13.0 Å². The summed E-state index contributed by atoms with van der Waals surface area (Å²) in [5, 5.41) is 17.3. The lowest BCUT2D eigenvalue weighted by atomic mass is 10.1. The second-order valence-corrected chi connectivity index (χ2v) is 4.38. The SMILES string of the molecule is CCNc1cccc(NCC(C)CC)c1[N+](=O)[O-]. The van der Waals surface area contributed by atoms with E-state index in [4.69, 9.17) is 0 Å². The molecule has 0 bridgehead atoms. The van der Waals surface area contributed by atoms with Crippen LogP contribution in [0.2, 0.25) is 0 Å². The van der Waals surface area contributed by atoms with Gasteiger partial charge in [0.1, 0.15) is 11.4 Å². The lowest BCUT2D eigenvalue weighted by Crippen LogP contribution is -2.12. The summed E-state index contributed by atoms with van der Waals surface area (Å²) in [7, 11) is 0. The van der Waals surface area contributed by atoms with Crippen molar-refractivity contribution < 1.29 is 4.92 Å². The zero-order valence-corrected chi connectivity index (χ0v) is 11.2. The van der Waals surface area contributed by atoms with E-state index in [0.717, 1.165) is 13.0 Å². The molecule has 0 fully saturated rings. The Morgan fingerprint density at radius 3 is 2.39 bits per heavy atom. The summed E-state index contributed by atoms with van der Waals surface area (Å²) in [5.41, 5.74) is 1.28. The van der Waals surface area contributed by atoms with Crippen molar-refractivity contribution in [3.63, 3.8) is 0 Å². The predicted octanol–water partition coefficient (Wildman–Crippen LogP) is 3.48. The van der Waals surface area contributed by atoms with Crippen molar-refractivity contribution in [1.82, 2.24) is 0 Å². The maximum absolute atomic E-state index is 11.2. The number of nitrogens with one attached hydrogen (secondary N) is 2. The molecule has 0 aliphatic heterocycles. The molecule has 0 saturated heterocycles. The van der Waals surface area contributed by atoms with Crippen molar-refractivity contribution >= 4 is 17.1 Å². The van der Waals surface area contributed by atoms with E-state index >= 15 is 0 Å². The van der Waals surface area contributed by atoms with E-state index in [1.54, 1.807) is 12.1 Å². The van der Waals surface area contributed by atoms with Gasteiger partial charge in [0.25, 0.3) is 0 Å². The minimum atomic E-state index is -0.336. The van der Waals surface area contributed by atoms with Gasteiger partial charge < -0.3 is 10.6 Å². The van der Waals surface area contributed by atoms with Crippen LogP contribution in [0, 0.1) is 16.0 Å². The molecule has 0 aliphatic carbocycles. The standard InChI is InChI=1S/C13H21N3O2/c1-4-10(3)9-15-12-8-6-7-11(14-5-2)13(12)16(17)18/h6-8,10,14-15H,4-5,9H2,1-3H3. The molecule has 1 unspecified atom stereocenters. The summed E-state index contributed by atoms with van der Waals surface area (Å²) < 4.78 is 0. The fourth-order valence-corrected chi connectivity index (χ4v) is 1.64. The number of nitro groups is 1. The van der Waals surface area contributed by atoms with Crippen LogP contribution in [0.4, 0.5) is 17.1 Å². The number of nitrogens with zero attached hydrogens (tertiary/aromatic N) is 1. The Morgan fingerprint density at radius 1 is 1.28 bits per heavy atom. The molecule has 100 valence electrons. The fourth-order valence-electron chi connectivity index (χ4n) is 1.64. The second kappa shape index (κ2) is 6.83. The zero-order valence-electron chi connectivity index (χ0n) is 11.2. The highest BCUT2D eigenvalue weighted by atomic mass is 16.6. The quantitative estimate of drug-likeness (QED) is 0.575. The van der Waals surface area contributed by atoms with Crippen LogP contribution >= 0.6 is 0 Å². The number of para-hydroxylation sites is 1. The topological polar surface area (TPSA) is 67.2 Å². The van der Waals surface area contributed by atoms with E-state index in [9.17, 15) is 10.1 Å². The Labute approximate surface area is 108 Å². The molecule has 0 spiro atoms. The first-order valence-corrected chi connectivity index (χ1v) is 6.35. The highest BCUT2D eigenvalue weighted by Crippen LogP contribution is 2.32. The van der Waals surface area contributed by atoms with Gasteiger partial charge in [-0.25, -0.2) is 0 Å². The Bertz CT molecular complexity index is 407. The molecule has 0 amide bonds. The summed E-state index contributed by atoms with van der Waals surface area (Å²) in [4.78, 5) is 10.8. The van der Waals surface area contributed by atoms with Crippen molar-refractivity contribution in [1.29, 1.82) is 0 Å². The van der Waals surface area contributed by atoms with Gasteiger partial charge in [0, 0.05) is 13.1 Å². The molecular weight excluding hydrogens is 230 g/mol. The van der Waals surface area contributed by atoms with Gasteiger partial charge in [-0.2, -0.15) is 0 Å². The van der Waals surface area contributed by atoms with Crippen LogP contribution in [-0.4, -0.2) is 18.0 Å². The van der Waals surface area contributed by atoms with Crippen LogP contribution in [0.1, 0.15) is 27.2 Å². The first-order valence-electron chi connectivity index (χ1n) is 6.35. The summed E-state index contributed by atoms with van der Waals surface area (Å²) >= 11 is 0. The first-order chi connectivity index (χ1) is 8.60. The van der Waals surface area contributed by atoms with Crippen LogP contribution in [0.3, 0.4) is 0 Å². The van der Waals surface area contributed by atoms with Gasteiger partial charge in [0.15, 0.2) is 0 Å². The van der Waals surface area contributed by atoms with Crippen LogP contribution in [-0.2, 0) is 0 Å². The van der Waals surface area contributed by atoms with Crippen LogP contribution < -0.4 is 10.6 Å². The summed E-state index contributed by atoms with van der Waals surface area (Å²) in [5.74, 6) is 0.493. The fraction of sp³-hybridized carbons (Fsp3) is 0.538. The number of hydrogen-bond acceptors (Lipinski definition) is 4. The summed E-state index contributed by atoms with van der Waals surface area (Å²) in [6, 6.07) is 5.31. The summed E-state index contributed by atoms with van der Waals surface area (Å²) in [6.45, 7) is 7.55. The third-order valence-electron chi connectivity index (χ3n) is 2.92. The Kier molecular flexibility index (Phi) is 5.42. The number of rotatable bonds is 7. The third-order valence-corrected chi connectivity index (χ3v) is 2.92. The van der Waals surface area contributed by atoms with Crippen molar-refractivity contribution in [2.75, 3.05) is 23.7 Å². The van der Waals surface area contributed by atoms with E-state index in [0.29, 0.717) is 23.8 Å². The monoisotopic (exact) mass is 251 g/mol. The largest absolute Gasteiger partial charge is 0.380 e. The number of anilines is 2.